The van der Waals surface area contributed by atoms with Crippen LogP contribution in [0.4, 0.5) is 0 Å². The van der Waals surface area contributed by atoms with Gasteiger partial charge >= 0.3 is 0 Å². The zero-order chi connectivity index (χ0) is 13.9. The lowest BCUT2D eigenvalue weighted by atomic mass is 10.1. The van der Waals surface area contributed by atoms with E-state index in [4.69, 9.17) is 9.57 Å². The standard InChI is InChI=1S/C16H17NO3/c1-19-14-9-7-13(8-10-14)16-17(20-16)15(11-18)12-5-3-2-4-6-12/h2-10,15-16,18H,11H2,1H3/t15-,16?,17?/m0/s1. The molecule has 1 fully saturated rings. The van der Waals surface area contributed by atoms with Crippen molar-refractivity contribution in [1.29, 1.82) is 0 Å². The SMILES string of the molecule is COc1ccc(C2ON2[C@@H](CO)c2ccccc2)cc1. The molecule has 20 heavy (non-hydrogen) atoms. The van der Waals surface area contributed by atoms with Crippen molar-refractivity contribution >= 4 is 0 Å². The van der Waals surface area contributed by atoms with E-state index in [0.29, 0.717) is 0 Å². The monoisotopic (exact) mass is 271 g/mol. The van der Waals surface area contributed by atoms with Gasteiger partial charge < -0.3 is 9.84 Å². The largest absolute Gasteiger partial charge is 0.497 e. The van der Waals surface area contributed by atoms with Crippen molar-refractivity contribution in [2.45, 2.75) is 12.3 Å². The molecule has 0 aliphatic carbocycles. The highest BCUT2D eigenvalue weighted by molar-refractivity contribution is 5.30. The number of aliphatic hydroxyl groups excluding tert-OH is 1. The minimum Gasteiger partial charge on any atom is -0.497 e. The predicted molar refractivity (Wildman–Crippen MR) is 74.9 cm³/mol. The molecule has 0 saturated carbocycles. The fourth-order valence-electron chi connectivity index (χ4n) is 2.31. The van der Waals surface area contributed by atoms with Gasteiger partial charge in [0.15, 0.2) is 6.23 Å². The first-order chi connectivity index (χ1) is 9.83. The first kappa shape index (κ1) is 13.1. The van der Waals surface area contributed by atoms with E-state index in [1.165, 1.54) is 0 Å². The number of hydrogen-bond donors (Lipinski definition) is 1. The maximum atomic E-state index is 9.60. The second-order valence-corrected chi connectivity index (χ2v) is 4.70. The van der Waals surface area contributed by atoms with Crippen molar-refractivity contribution in [3.05, 3.63) is 65.7 Å². The molecule has 1 aliphatic heterocycles. The minimum absolute atomic E-state index is 0.0245. The van der Waals surface area contributed by atoms with Crippen LogP contribution in [0.1, 0.15) is 23.4 Å². The average Bonchev–Trinajstić information content (AvgIpc) is 3.30. The predicted octanol–water partition coefficient (Wildman–Crippen LogP) is 2.67. The van der Waals surface area contributed by atoms with Gasteiger partial charge in [0.25, 0.3) is 0 Å². The maximum Gasteiger partial charge on any atom is 0.180 e. The summed E-state index contributed by atoms with van der Waals surface area (Å²) in [7, 11) is 1.64. The fourth-order valence-corrected chi connectivity index (χ4v) is 2.31. The van der Waals surface area contributed by atoms with E-state index >= 15 is 0 Å². The number of hydrogen-bond acceptors (Lipinski definition) is 4. The van der Waals surface area contributed by atoms with Crippen molar-refractivity contribution in [1.82, 2.24) is 5.06 Å². The molecule has 3 atom stereocenters. The lowest BCUT2D eigenvalue weighted by Crippen LogP contribution is -2.14. The minimum atomic E-state index is -0.136. The normalized spacial score (nSPS) is 22.3. The van der Waals surface area contributed by atoms with Crippen LogP contribution in [0.3, 0.4) is 0 Å². The summed E-state index contributed by atoms with van der Waals surface area (Å²) < 4.78 is 5.14. The van der Waals surface area contributed by atoms with E-state index in [9.17, 15) is 5.11 Å². The Morgan fingerprint density at radius 1 is 1.15 bits per heavy atom. The van der Waals surface area contributed by atoms with Gasteiger partial charge in [0.1, 0.15) is 5.75 Å². The average molecular weight is 271 g/mol. The van der Waals surface area contributed by atoms with Crippen molar-refractivity contribution in [3.63, 3.8) is 0 Å². The molecule has 3 rings (SSSR count). The molecular formula is C16H17NO3. The smallest absolute Gasteiger partial charge is 0.180 e. The number of benzene rings is 2. The number of hydroxylamine groups is 2. The molecule has 0 amide bonds. The molecule has 0 aromatic heterocycles. The lowest BCUT2D eigenvalue weighted by Gasteiger charge is -2.13. The zero-order valence-corrected chi connectivity index (χ0v) is 11.3. The Kier molecular flexibility index (Phi) is 3.69. The molecule has 104 valence electrons. The maximum absolute atomic E-state index is 9.60. The molecule has 4 nitrogen and oxygen atoms in total. The summed E-state index contributed by atoms with van der Waals surface area (Å²) in [4.78, 5) is 5.62. The summed E-state index contributed by atoms with van der Waals surface area (Å²) in [6.45, 7) is 0.0245. The summed E-state index contributed by atoms with van der Waals surface area (Å²) in [6, 6.07) is 17.5. The Hall–Kier alpha value is -1.88. The van der Waals surface area contributed by atoms with E-state index in [0.717, 1.165) is 16.9 Å². The van der Waals surface area contributed by atoms with Crippen molar-refractivity contribution < 1.29 is 14.7 Å². The molecule has 1 saturated heterocycles. The van der Waals surface area contributed by atoms with Gasteiger partial charge in [0, 0.05) is 0 Å². The van der Waals surface area contributed by atoms with Crippen molar-refractivity contribution in [3.8, 4) is 5.75 Å². The number of nitrogens with zero attached hydrogens (tertiary/aromatic N) is 1. The first-order valence-electron chi connectivity index (χ1n) is 6.58. The van der Waals surface area contributed by atoms with Crippen LogP contribution in [0, 0.1) is 0 Å². The highest BCUT2D eigenvalue weighted by Gasteiger charge is 2.43. The highest BCUT2D eigenvalue weighted by Crippen LogP contribution is 2.44. The van der Waals surface area contributed by atoms with Gasteiger partial charge in [-0.15, -0.1) is 5.06 Å². The van der Waals surface area contributed by atoms with Crippen molar-refractivity contribution in [2.24, 2.45) is 0 Å². The van der Waals surface area contributed by atoms with Crippen LogP contribution in [0.25, 0.3) is 0 Å². The van der Waals surface area contributed by atoms with Crippen LogP contribution in [0.5, 0.6) is 5.75 Å². The van der Waals surface area contributed by atoms with Gasteiger partial charge in [0.2, 0.25) is 0 Å². The number of rotatable bonds is 5. The van der Waals surface area contributed by atoms with Gasteiger partial charge in [0.05, 0.1) is 19.8 Å². The molecule has 1 N–H and O–H groups in total. The second-order valence-electron chi connectivity index (χ2n) is 4.70. The van der Waals surface area contributed by atoms with Gasteiger partial charge in [-0.25, -0.2) is 0 Å². The van der Waals surface area contributed by atoms with Gasteiger partial charge in [-0.2, -0.15) is 0 Å². The quantitative estimate of drug-likeness (QED) is 0.849. The van der Waals surface area contributed by atoms with Gasteiger partial charge in [-0.3, -0.25) is 4.84 Å². The molecule has 2 aromatic rings. The fraction of sp³-hybridized carbons (Fsp3) is 0.250. The van der Waals surface area contributed by atoms with Gasteiger partial charge in [-0.1, -0.05) is 42.5 Å². The third-order valence-corrected chi connectivity index (χ3v) is 3.47. The Morgan fingerprint density at radius 3 is 2.45 bits per heavy atom. The zero-order valence-electron chi connectivity index (χ0n) is 11.3. The van der Waals surface area contributed by atoms with E-state index in [1.807, 2.05) is 59.7 Å². The molecule has 1 aliphatic rings. The Bertz CT molecular complexity index is 556. The van der Waals surface area contributed by atoms with Crippen LogP contribution in [-0.4, -0.2) is 23.9 Å². The van der Waals surface area contributed by atoms with Crippen molar-refractivity contribution in [2.75, 3.05) is 13.7 Å². The summed E-state index contributed by atoms with van der Waals surface area (Å²) >= 11 is 0. The summed E-state index contributed by atoms with van der Waals surface area (Å²) in [5, 5.41) is 11.4. The Balaban J connectivity index is 1.73. The number of methoxy groups -OCH3 is 1. The molecule has 2 aromatic carbocycles. The summed E-state index contributed by atoms with van der Waals surface area (Å²) in [5.74, 6) is 0.822. The van der Waals surface area contributed by atoms with Crippen LogP contribution < -0.4 is 4.74 Å². The highest BCUT2D eigenvalue weighted by atomic mass is 16.8. The van der Waals surface area contributed by atoms with Gasteiger partial charge in [-0.05, 0) is 23.3 Å². The molecule has 1 heterocycles. The molecule has 0 bridgehead atoms. The molecular weight excluding hydrogens is 254 g/mol. The van der Waals surface area contributed by atoms with E-state index in [1.54, 1.807) is 7.11 Å². The Labute approximate surface area is 118 Å². The molecule has 0 radical (unpaired) electrons. The number of aliphatic hydroxyl groups is 1. The summed E-state index contributed by atoms with van der Waals surface area (Å²) in [6.07, 6.45) is -0.0988. The second kappa shape index (κ2) is 5.63. The van der Waals surface area contributed by atoms with E-state index < -0.39 is 0 Å². The Morgan fingerprint density at radius 2 is 1.85 bits per heavy atom. The number of ether oxygens (including phenoxy) is 1. The van der Waals surface area contributed by atoms with E-state index in [-0.39, 0.29) is 18.9 Å². The topological polar surface area (TPSA) is 45.0 Å². The molecule has 2 unspecified atom stereocenters. The molecule has 0 spiro atoms. The van der Waals surface area contributed by atoms with Crippen LogP contribution in [0.15, 0.2) is 54.6 Å². The third kappa shape index (κ3) is 2.54. The lowest BCUT2D eigenvalue weighted by molar-refractivity contribution is 0.0973. The van der Waals surface area contributed by atoms with E-state index in [2.05, 4.69) is 0 Å². The summed E-state index contributed by atoms with van der Waals surface area (Å²) in [5.41, 5.74) is 2.10. The molecule has 4 heteroatoms. The van der Waals surface area contributed by atoms with Crippen LogP contribution in [0.2, 0.25) is 0 Å². The first-order valence-corrected chi connectivity index (χ1v) is 6.58. The van der Waals surface area contributed by atoms with Crippen LogP contribution >= 0.6 is 0 Å². The van der Waals surface area contributed by atoms with Crippen LogP contribution in [-0.2, 0) is 4.84 Å². The third-order valence-electron chi connectivity index (χ3n) is 3.47.